The summed E-state index contributed by atoms with van der Waals surface area (Å²) in [4.78, 5) is 3.83. The Morgan fingerprint density at radius 3 is 2.52 bits per heavy atom. The summed E-state index contributed by atoms with van der Waals surface area (Å²) in [6, 6.07) is 5.54. The minimum Gasteiger partial charge on any atom is -0.309 e. The van der Waals surface area contributed by atoms with E-state index in [-0.39, 0.29) is 5.56 Å². The minimum absolute atomic E-state index is 0.0814. The average molecular weight is 315 g/mol. The third kappa shape index (κ3) is 3.19. The van der Waals surface area contributed by atoms with Crippen LogP contribution in [0.15, 0.2) is 36.7 Å². The number of nitrogens with zero attached hydrogens (tertiary/aromatic N) is 1. The largest absolute Gasteiger partial charge is 0.416 e. The maximum Gasteiger partial charge on any atom is 0.416 e. The second kappa shape index (κ2) is 6.03. The van der Waals surface area contributed by atoms with Crippen LogP contribution in [0.5, 0.6) is 0 Å². The van der Waals surface area contributed by atoms with Crippen molar-refractivity contribution in [3.05, 3.63) is 63.9 Å². The van der Waals surface area contributed by atoms with Crippen LogP contribution in [0.25, 0.3) is 0 Å². The van der Waals surface area contributed by atoms with E-state index >= 15 is 0 Å². The SMILES string of the molecule is CNC(c1cnccc1C(F)(F)F)c1cccc(Cl)c1C. The molecule has 1 aromatic heterocycles. The summed E-state index contributed by atoms with van der Waals surface area (Å²) in [5, 5.41) is 3.44. The summed E-state index contributed by atoms with van der Waals surface area (Å²) in [5.74, 6) is 0. The van der Waals surface area contributed by atoms with Gasteiger partial charge in [-0.15, -0.1) is 0 Å². The number of halogens is 4. The molecule has 1 N–H and O–H groups in total. The van der Waals surface area contributed by atoms with Crippen LogP contribution in [-0.2, 0) is 6.18 Å². The zero-order valence-corrected chi connectivity index (χ0v) is 12.3. The smallest absolute Gasteiger partial charge is 0.309 e. The zero-order chi connectivity index (χ0) is 15.6. The molecule has 2 nitrogen and oxygen atoms in total. The van der Waals surface area contributed by atoms with Gasteiger partial charge in [-0.1, -0.05) is 23.7 Å². The fraction of sp³-hybridized carbons (Fsp3) is 0.267. The molecular formula is C15H14ClF3N2. The first-order chi connectivity index (χ1) is 9.86. The van der Waals surface area contributed by atoms with Crippen LogP contribution in [0.4, 0.5) is 13.2 Å². The molecule has 6 heteroatoms. The standard InChI is InChI=1S/C15H14ClF3N2/c1-9-10(4-3-5-13(9)16)14(20-2)11-8-21-7-6-12(11)15(17,18)19/h3-8,14,20H,1-2H3. The van der Waals surface area contributed by atoms with E-state index in [9.17, 15) is 13.2 Å². The van der Waals surface area contributed by atoms with Crippen molar-refractivity contribution in [2.24, 2.45) is 0 Å². The molecule has 112 valence electrons. The fourth-order valence-electron chi connectivity index (χ4n) is 2.31. The molecule has 0 bridgehead atoms. The summed E-state index contributed by atoms with van der Waals surface area (Å²) < 4.78 is 39.5. The highest BCUT2D eigenvalue weighted by atomic mass is 35.5. The molecule has 0 aliphatic heterocycles. The van der Waals surface area contributed by atoms with Crippen molar-refractivity contribution in [1.82, 2.24) is 10.3 Å². The predicted octanol–water partition coefficient (Wildman–Crippen LogP) is 4.37. The van der Waals surface area contributed by atoms with Crippen LogP contribution in [0.1, 0.15) is 28.3 Å². The van der Waals surface area contributed by atoms with Gasteiger partial charge in [-0.25, -0.2) is 0 Å². The van der Waals surface area contributed by atoms with Crippen LogP contribution < -0.4 is 5.32 Å². The lowest BCUT2D eigenvalue weighted by Crippen LogP contribution is -2.23. The number of hydrogen-bond donors (Lipinski definition) is 1. The summed E-state index contributed by atoms with van der Waals surface area (Å²) in [6.07, 6.45) is -2.05. The molecule has 0 fully saturated rings. The molecular weight excluding hydrogens is 301 g/mol. The Labute approximate surface area is 126 Å². The zero-order valence-electron chi connectivity index (χ0n) is 11.5. The van der Waals surface area contributed by atoms with Gasteiger partial charge in [-0.3, -0.25) is 4.98 Å². The van der Waals surface area contributed by atoms with E-state index in [4.69, 9.17) is 11.6 Å². The maximum absolute atomic E-state index is 13.2. The average Bonchev–Trinajstić information content (AvgIpc) is 2.44. The van der Waals surface area contributed by atoms with Gasteiger partial charge < -0.3 is 5.32 Å². The van der Waals surface area contributed by atoms with E-state index in [1.165, 1.54) is 6.20 Å². The van der Waals surface area contributed by atoms with E-state index in [1.807, 2.05) is 0 Å². The number of alkyl halides is 3. The van der Waals surface area contributed by atoms with E-state index in [2.05, 4.69) is 10.3 Å². The Kier molecular flexibility index (Phi) is 4.54. The first-order valence-electron chi connectivity index (χ1n) is 6.29. The highest BCUT2D eigenvalue weighted by molar-refractivity contribution is 6.31. The second-order valence-corrected chi connectivity index (χ2v) is 5.04. The molecule has 0 amide bonds. The number of aromatic nitrogens is 1. The number of pyridine rings is 1. The third-order valence-corrected chi connectivity index (χ3v) is 3.79. The highest BCUT2D eigenvalue weighted by Crippen LogP contribution is 2.37. The summed E-state index contributed by atoms with van der Waals surface area (Å²) >= 11 is 6.07. The summed E-state index contributed by atoms with van der Waals surface area (Å²) in [7, 11) is 1.61. The van der Waals surface area contributed by atoms with Crippen molar-refractivity contribution in [3.8, 4) is 0 Å². The lowest BCUT2D eigenvalue weighted by molar-refractivity contribution is -0.138. The van der Waals surface area contributed by atoms with Crippen LogP contribution >= 0.6 is 11.6 Å². The van der Waals surface area contributed by atoms with Crippen molar-refractivity contribution in [2.45, 2.75) is 19.1 Å². The number of benzene rings is 1. The Balaban J connectivity index is 2.60. The molecule has 1 atom stereocenters. The molecule has 2 rings (SSSR count). The van der Waals surface area contributed by atoms with Gasteiger partial charge in [0.15, 0.2) is 0 Å². The first kappa shape index (κ1) is 15.8. The number of hydrogen-bond acceptors (Lipinski definition) is 2. The maximum atomic E-state index is 13.2. The fourth-order valence-corrected chi connectivity index (χ4v) is 2.49. The van der Waals surface area contributed by atoms with Crippen molar-refractivity contribution in [2.75, 3.05) is 7.05 Å². The quantitative estimate of drug-likeness (QED) is 0.910. The molecule has 0 radical (unpaired) electrons. The predicted molar refractivity (Wildman–Crippen MR) is 76.3 cm³/mol. The second-order valence-electron chi connectivity index (χ2n) is 4.64. The molecule has 0 saturated carbocycles. The van der Waals surface area contributed by atoms with Gasteiger partial charge in [0.25, 0.3) is 0 Å². The van der Waals surface area contributed by atoms with Crippen LogP contribution in [0.2, 0.25) is 5.02 Å². The van der Waals surface area contributed by atoms with Gasteiger partial charge in [0.2, 0.25) is 0 Å². The van der Waals surface area contributed by atoms with Gasteiger partial charge >= 0.3 is 6.18 Å². The van der Waals surface area contributed by atoms with Crippen LogP contribution in [-0.4, -0.2) is 12.0 Å². The number of nitrogens with one attached hydrogen (secondary N) is 1. The lowest BCUT2D eigenvalue weighted by atomic mass is 9.93. The highest BCUT2D eigenvalue weighted by Gasteiger charge is 2.35. The van der Waals surface area contributed by atoms with Gasteiger partial charge in [0.1, 0.15) is 0 Å². The molecule has 0 spiro atoms. The normalized spacial score (nSPS) is 13.2. The van der Waals surface area contributed by atoms with Gasteiger partial charge in [0.05, 0.1) is 11.6 Å². The van der Waals surface area contributed by atoms with Gasteiger partial charge in [-0.2, -0.15) is 13.2 Å². The summed E-state index contributed by atoms with van der Waals surface area (Å²) in [5.41, 5.74) is 0.827. The van der Waals surface area contributed by atoms with E-state index in [0.717, 1.165) is 17.8 Å². The topological polar surface area (TPSA) is 24.9 Å². The van der Waals surface area contributed by atoms with E-state index in [1.54, 1.807) is 32.2 Å². The summed E-state index contributed by atoms with van der Waals surface area (Å²) in [6.45, 7) is 1.78. The van der Waals surface area contributed by atoms with Crippen molar-refractivity contribution in [3.63, 3.8) is 0 Å². The van der Waals surface area contributed by atoms with Crippen molar-refractivity contribution in [1.29, 1.82) is 0 Å². The minimum atomic E-state index is -4.43. The Bertz CT molecular complexity index is 641. The van der Waals surface area contributed by atoms with Crippen LogP contribution in [0.3, 0.4) is 0 Å². The molecule has 2 aromatic rings. The van der Waals surface area contributed by atoms with Crippen molar-refractivity contribution < 1.29 is 13.2 Å². The molecule has 21 heavy (non-hydrogen) atoms. The van der Waals surface area contributed by atoms with Gasteiger partial charge in [0, 0.05) is 23.0 Å². The third-order valence-electron chi connectivity index (χ3n) is 3.38. The molecule has 0 aliphatic rings. The van der Waals surface area contributed by atoms with Crippen molar-refractivity contribution >= 4 is 11.6 Å². The molecule has 1 unspecified atom stereocenters. The van der Waals surface area contributed by atoms with Crippen LogP contribution in [0, 0.1) is 6.92 Å². The Morgan fingerprint density at radius 1 is 1.19 bits per heavy atom. The number of rotatable bonds is 3. The van der Waals surface area contributed by atoms with E-state index < -0.39 is 17.8 Å². The van der Waals surface area contributed by atoms with E-state index in [0.29, 0.717) is 10.6 Å². The molecule has 1 heterocycles. The molecule has 1 aromatic carbocycles. The lowest BCUT2D eigenvalue weighted by Gasteiger charge is -2.23. The first-order valence-corrected chi connectivity index (χ1v) is 6.67. The monoisotopic (exact) mass is 314 g/mol. The van der Waals surface area contributed by atoms with Gasteiger partial charge in [-0.05, 0) is 37.2 Å². The molecule has 0 aliphatic carbocycles. The molecule has 0 saturated heterocycles. The Morgan fingerprint density at radius 2 is 1.90 bits per heavy atom. The Hall–Kier alpha value is -1.59.